The predicted octanol–water partition coefficient (Wildman–Crippen LogP) is 3.83. The number of benzene rings is 2. The number of para-hydroxylation sites is 1. The van der Waals surface area contributed by atoms with Crippen LogP contribution in [0.15, 0.2) is 67.0 Å². The summed E-state index contributed by atoms with van der Waals surface area (Å²) in [6, 6.07) is 18.4. The summed E-state index contributed by atoms with van der Waals surface area (Å²) in [6.07, 6.45) is 5.02. The van der Waals surface area contributed by atoms with E-state index < -0.39 is 0 Å². The molecule has 1 N–H and O–H groups in total. The molecule has 0 aliphatic heterocycles. The number of hydrogen-bond acceptors (Lipinski definition) is 3. The molecule has 0 radical (unpaired) electrons. The number of nitrogens with zero attached hydrogens (tertiary/aromatic N) is 1. The molecule has 1 heterocycles. The van der Waals surface area contributed by atoms with Crippen molar-refractivity contribution < 1.29 is 9.47 Å². The first-order valence-electron chi connectivity index (χ1n) is 8.44. The van der Waals surface area contributed by atoms with Gasteiger partial charge in [0.05, 0.1) is 14.2 Å². The zero-order valence-corrected chi connectivity index (χ0v) is 14.7. The first-order chi connectivity index (χ1) is 12.3. The Hall–Kier alpha value is -2.72. The van der Waals surface area contributed by atoms with Crippen molar-refractivity contribution in [2.45, 2.75) is 13.0 Å². The van der Waals surface area contributed by atoms with Gasteiger partial charge in [-0.05, 0) is 60.5 Å². The lowest BCUT2D eigenvalue weighted by molar-refractivity contribution is 0.398. The maximum absolute atomic E-state index is 5.44. The maximum atomic E-state index is 5.44. The third-order valence-corrected chi connectivity index (χ3v) is 4.25. The quantitative estimate of drug-likeness (QED) is 0.635. The van der Waals surface area contributed by atoms with Crippen LogP contribution >= 0.6 is 0 Å². The number of aromatic nitrogens is 1. The molecular weight excluding hydrogens is 312 g/mol. The number of rotatable bonds is 8. The summed E-state index contributed by atoms with van der Waals surface area (Å²) in [5.41, 5.74) is 3.63. The van der Waals surface area contributed by atoms with E-state index in [1.807, 2.05) is 30.3 Å². The van der Waals surface area contributed by atoms with Crippen molar-refractivity contribution in [2.24, 2.45) is 0 Å². The number of hydrogen-bond donors (Lipinski definition) is 1. The SMILES string of the molecule is COc1ccc(OC)c(CCNCc2ccccc2-n2cccc2)c1. The average molecular weight is 336 g/mol. The highest BCUT2D eigenvalue weighted by molar-refractivity contribution is 5.42. The molecule has 0 aliphatic carbocycles. The Labute approximate surface area is 149 Å². The molecule has 1 aromatic heterocycles. The van der Waals surface area contributed by atoms with Crippen LogP contribution in [0.1, 0.15) is 11.1 Å². The van der Waals surface area contributed by atoms with Crippen molar-refractivity contribution >= 4 is 0 Å². The molecule has 0 unspecified atom stereocenters. The topological polar surface area (TPSA) is 35.4 Å². The van der Waals surface area contributed by atoms with Gasteiger partial charge in [-0.25, -0.2) is 0 Å². The third-order valence-electron chi connectivity index (χ3n) is 4.25. The van der Waals surface area contributed by atoms with Crippen LogP contribution in [0.5, 0.6) is 11.5 Å². The van der Waals surface area contributed by atoms with Crippen LogP contribution in [0.4, 0.5) is 0 Å². The molecular formula is C21H24N2O2. The first kappa shape index (κ1) is 17.1. The van der Waals surface area contributed by atoms with Crippen molar-refractivity contribution in [3.8, 4) is 17.2 Å². The van der Waals surface area contributed by atoms with E-state index in [-0.39, 0.29) is 0 Å². The molecule has 0 amide bonds. The van der Waals surface area contributed by atoms with Gasteiger partial charge in [0.25, 0.3) is 0 Å². The van der Waals surface area contributed by atoms with Gasteiger partial charge in [-0.15, -0.1) is 0 Å². The van der Waals surface area contributed by atoms with Gasteiger partial charge in [-0.3, -0.25) is 0 Å². The van der Waals surface area contributed by atoms with Gasteiger partial charge >= 0.3 is 0 Å². The molecule has 0 spiro atoms. The standard InChI is InChI=1S/C21H24N2O2/c1-24-19-9-10-21(25-2)17(15-19)11-12-22-16-18-7-3-4-8-20(18)23-13-5-6-14-23/h3-10,13-15,22H,11-12,16H2,1-2H3. The van der Waals surface area contributed by atoms with Crippen molar-refractivity contribution in [3.05, 3.63) is 78.1 Å². The summed E-state index contributed by atoms with van der Waals surface area (Å²) in [7, 11) is 3.38. The van der Waals surface area contributed by atoms with Crippen LogP contribution < -0.4 is 14.8 Å². The van der Waals surface area contributed by atoms with E-state index >= 15 is 0 Å². The van der Waals surface area contributed by atoms with Crippen molar-refractivity contribution in [2.75, 3.05) is 20.8 Å². The highest BCUT2D eigenvalue weighted by Gasteiger charge is 2.06. The minimum Gasteiger partial charge on any atom is -0.497 e. The van der Waals surface area contributed by atoms with Gasteiger partial charge in [0.2, 0.25) is 0 Å². The zero-order chi connectivity index (χ0) is 17.5. The minimum atomic E-state index is 0.820. The molecule has 130 valence electrons. The predicted molar refractivity (Wildman–Crippen MR) is 101 cm³/mol. The zero-order valence-electron chi connectivity index (χ0n) is 14.7. The maximum Gasteiger partial charge on any atom is 0.122 e. The van der Waals surface area contributed by atoms with Gasteiger partial charge in [0.15, 0.2) is 0 Å². The van der Waals surface area contributed by atoms with Crippen LogP contribution in [-0.4, -0.2) is 25.3 Å². The second-order valence-corrected chi connectivity index (χ2v) is 5.82. The fourth-order valence-electron chi connectivity index (χ4n) is 2.93. The van der Waals surface area contributed by atoms with Crippen molar-refractivity contribution in [1.29, 1.82) is 0 Å². The largest absolute Gasteiger partial charge is 0.497 e. The molecule has 0 bridgehead atoms. The summed E-state index contributed by atoms with van der Waals surface area (Å²) >= 11 is 0. The average Bonchev–Trinajstić information content (AvgIpc) is 3.20. The normalized spacial score (nSPS) is 10.6. The Kier molecular flexibility index (Phi) is 5.75. The van der Waals surface area contributed by atoms with E-state index in [1.165, 1.54) is 11.3 Å². The molecule has 2 aromatic carbocycles. The van der Waals surface area contributed by atoms with Gasteiger partial charge in [0.1, 0.15) is 11.5 Å². The molecule has 3 rings (SSSR count). The lowest BCUT2D eigenvalue weighted by Gasteiger charge is -2.13. The Morgan fingerprint density at radius 1 is 0.880 bits per heavy atom. The highest BCUT2D eigenvalue weighted by atomic mass is 16.5. The van der Waals surface area contributed by atoms with Crippen LogP contribution in [0.3, 0.4) is 0 Å². The Balaban J connectivity index is 1.61. The summed E-state index contributed by atoms with van der Waals surface area (Å²) in [6.45, 7) is 1.68. The van der Waals surface area contributed by atoms with E-state index in [2.05, 4.69) is 46.5 Å². The van der Waals surface area contributed by atoms with Gasteiger partial charge in [-0.1, -0.05) is 18.2 Å². The molecule has 0 fully saturated rings. The molecule has 25 heavy (non-hydrogen) atoms. The second kappa shape index (κ2) is 8.40. The van der Waals surface area contributed by atoms with Crippen LogP contribution in [0.2, 0.25) is 0 Å². The lowest BCUT2D eigenvalue weighted by atomic mass is 10.1. The number of ether oxygens (including phenoxy) is 2. The fourth-order valence-corrected chi connectivity index (χ4v) is 2.93. The van der Waals surface area contributed by atoms with E-state index in [1.54, 1.807) is 14.2 Å². The van der Waals surface area contributed by atoms with Gasteiger partial charge in [0, 0.05) is 24.6 Å². The summed E-state index contributed by atoms with van der Waals surface area (Å²) in [5.74, 6) is 1.75. The van der Waals surface area contributed by atoms with Gasteiger partial charge in [-0.2, -0.15) is 0 Å². The second-order valence-electron chi connectivity index (χ2n) is 5.82. The van der Waals surface area contributed by atoms with E-state index in [9.17, 15) is 0 Å². The number of nitrogens with one attached hydrogen (secondary N) is 1. The molecule has 4 heteroatoms. The Morgan fingerprint density at radius 2 is 1.68 bits per heavy atom. The fraction of sp³-hybridized carbons (Fsp3) is 0.238. The van der Waals surface area contributed by atoms with Crippen molar-refractivity contribution in [3.63, 3.8) is 0 Å². The smallest absolute Gasteiger partial charge is 0.122 e. The minimum absolute atomic E-state index is 0.820. The van der Waals surface area contributed by atoms with E-state index in [0.717, 1.165) is 36.6 Å². The Morgan fingerprint density at radius 3 is 2.44 bits per heavy atom. The van der Waals surface area contributed by atoms with Crippen LogP contribution in [0, 0.1) is 0 Å². The molecule has 0 saturated carbocycles. The Bertz CT molecular complexity index is 797. The van der Waals surface area contributed by atoms with Crippen molar-refractivity contribution in [1.82, 2.24) is 9.88 Å². The lowest BCUT2D eigenvalue weighted by Crippen LogP contribution is -2.18. The molecule has 3 aromatic rings. The summed E-state index contributed by atoms with van der Waals surface area (Å²) in [5, 5.41) is 3.53. The summed E-state index contributed by atoms with van der Waals surface area (Å²) < 4.78 is 12.9. The van der Waals surface area contributed by atoms with Gasteiger partial charge < -0.3 is 19.4 Å². The van der Waals surface area contributed by atoms with Crippen LogP contribution in [0.25, 0.3) is 5.69 Å². The van der Waals surface area contributed by atoms with E-state index in [4.69, 9.17) is 9.47 Å². The highest BCUT2D eigenvalue weighted by Crippen LogP contribution is 2.24. The molecule has 0 atom stereocenters. The number of methoxy groups -OCH3 is 2. The van der Waals surface area contributed by atoms with E-state index in [0.29, 0.717) is 0 Å². The molecule has 0 saturated heterocycles. The third kappa shape index (κ3) is 4.22. The monoisotopic (exact) mass is 336 g/mol. The van der Waals surface area contributed by atoms with Crippen LogP contribution in [-0.2, 0) is 13.0 Å². The first-order valence-corrected chi connectivity index (χ1v) is 8.44. The summed E-state index contributed by atoms with van der Waals surface area (Å²) in [4.78, 5) is 0. The molecule has 0 aliphatic rings. The molecule has 4 nitrogen and oxygen atoms in total.